The number of nitrogens with zero attached hydrogens (tertiary/aromatic N) is 1. The average molecular weight is 178 g/mol. The van der Waals surface area contributed by atoms with E-state index in [1.807, 2.05) is 0 Å². The highest BCUT2D eigenvalue weighted by Crippen LogP contribution is 2.12. The predicted molar refractivity (Wildman–Crippen MR) is 43.6 cm³/mol. The third kappa shape index (κ3) is 2.43. The summed E-state index contributed by atoms with van der Waals surface area (Å²) >= 11 is 0. The van der Waals surface area contributed by atoms with Gasteiger partial charge in [0.2, 0.25) is 0 Å². The molecular weight excluding hydrogens is 164 g/mol. The van der Waals surface area contributed by atoms with E-state index in [0.717, 1.165) is 0 Å². The Morgan fingerprint density at radius 1 is 1.55 bits per heavy atom. The van der Waals surface area contributed by atoms with Crippen LogP contribution in [-0.2, 0) is 9.92 Å². The Hall–Kier alpha value is -0.130. The highest BCUT2D eigenvalue weighted by Gasteiger charge is 2.20. The van der Waals surface area contributed by atoms with Crippen molar-refractivity contribution in [2.24, 2.45) is 0 Å². The van der Waals surface area contributed by atoms with E-state index in [-0.39, 0.29) is 6.10 Å². The quantitative estimate of drug-likeness (QED) is 0.595. The van der Waals surface area contributed by atoms with Crippen LogP contribution >= 0.6 is 0 Å². The smallest absolute Gasteiger partial charge is 0.104 e. The molecule has 1 aliphatic heterocycles. The van der Waals surface area contributed by atoms with Gasteiger partial charge in [-0.05, 0) is 12.8 Å². The van der Waals surface area contributed by atoms with E-state index in [4.69, 9.17) is 9.89 Å². The lowest BCUT2D eigenvalue weighted by atomic mass is 10.1. The van der Waals surface area contributed by atoms with E-state index < -0.39 is 9.92 Å². The third-order valence-corrected chi connectivity index (χ3v) is 3.27. The van der Waals surface area contributed by atoms with Crippen molar-refractivity contribution in [1.82, 2.24) is 4.31 Å². The van der Waals surface area contributed by atoms with Crippen molar-refractivity contribution in [2.45, 2.75) is 18.9 Å². The van der Waals surface area contributed by atoms with E-state index in [2.05, 4.69) is 0 Å². The minimum absolute atomic E-state index is 0.256. The predicted octanol–water partition coefficient (Wildman–Crippen LogP) is 0.0347. The highest BCUT2D eigenvalue weighted by atomic mass is 32.2. The molecule has 0 bridgehead atoms. The molecular formula is C6H14N2O2S. The number of rotatable bonds is 1. The Morgan fingerprint density at radius 2 is 2.00 bits per heavy atom. The van der Waals surface area contributed by atoms with Crippen LogP contribution in [0.5, 0.6) is 0 Å². The van der Waals surface area contributed by atoms with Crippen molar-refractivity contribution in [3.8, 4) is 0 Å². The van der Waals surface area contributed by atoms with Gasteiger partial charge in [-0.1, -0.05) is 0 Å². The molecule has 2 N–H and O–H groups in total. The summed E-state index contributed by atoms with van der Waals surface area (Å²) < 4.78 is 20.0. The maximum Gasteiger partial charge on any atom is 0.104 e. The summed E-state index contributed by atoms with van der Waals surface area (Å²) in [6, 6.07) is 0. The van der Waals surface area contributed by atoms with Crippen molar-refractivity contribution in [3.05, 3.63) is 0 Å². The van der Waals surface area contributed by atoms with Crippen molar-refractivity contribution < 1.29 is 9.32 Å². The molecule has 0 radical (unpaired) electrons. The molecule has 1 atom stereocenters. The van der Waals surface area contributed by atoms with Crippen LogP contribution in [0.3, 0.4) is 0 Å². The van der Waals surface area contributed by atoms with Gasteiger partial charge in [0.05, 0.1) is 6.10 Å². The fourth-order valence-electron chi connectivity index (χ4n) is 1.19. The summed E-state index contributed by atoms with van der Waals surface area (Å²) in [5, 5.41) is 9.11. The second-order valence-electron chi connectivity index (χ2n) is 2.96. The Labute approximate surface area is 67.3 Å². The first-order valence-electron chi connectivity index (χ1n) is 3.67. The van der Waals surface area contributed by atoms with Crippen molar-refractivity contribution in [3.63, 3.8) is 0 Å². The fraction of sp³-hybridized carbons (Fsp3) is 1.00. The summed E-state index contributed by atoms with van der Waals surface area (Å²) in [5.74, 6) is 0. The standard InChI is InChI=1S/C6H14N2O2S/c1-11(7,10)8-4-2-6(9)3-5-8/h6-7,9H,2-5H2,1H3. The van der Waals surface area contributed by atoms with Crippen molar-refractivity contribution in [1.29, 1.82) is 4.78 Å². The van der Waals surface area contributed by atoms with E-state index in [1.165, 1.54) is 6.26 Å². The SMILES string of the molecule is CS(=N)(=O)N1CCC(O)CC1. The van der Waals surface area contributed by atoms with Gasteiger partial charge in [-0.2, -0.15) is 0 Å². The number of hydrogen-bond acceptors (Lipinski definition) is 3. The molecule has 0 amide bonds. The van der Waals surface area contributed by atoms with Crippen LogP contribution in [0.15, 0.2) is 0 Å². The van der Waals surface area contributed by atoms with Gasteiger partial charge in [0.15, 0.2) is 0 Å². The van der Waals surface area contributed by atoms with Crippen LogP contribution in [-0.4, -0.2) is 39.1 Å². The third-order valence-electron chi connectivity index (χ3n) is 1.92. The Morgan fingerprint density at radius 3 is 2.36 bits per heavy atom. The van der Waals surface area contributed by atoms with E-state index in [1.54, 1.807) is 4.31 Å². The van der Waals surface area contributed by atoms with Crippen LogP contribution in [0, 0.1) is 4.78 Å². The molecule has 1 rings (SSSR count). The van der Waals surface area contributed by atoms with Gasteiger partial charge in [0.1, 0.15) is 9.92 Å². The molecule has 11 heavy (non-hydrogen) atoms. The summed E-state index contributed by atoms with van der Waals surface area (Å²) in [7, 11) is -2.53. The number of aliphatic hydroxyl groups excluding tert-OH is 1. The molecule has 5 heteroatoms. The second-order valence-corrected chi connectivity index (χ2v) is 5.08. The molecule has 1 saturated heterocycles. The van der Waals surface area contributed by atoms with Crippen LogP contribution in [0.25, 0.3) is 0 Å². The summed E-state index contributed by atoms with van der Waals surface area (Å²) in [4.78, 5) is 0. The van der Waals surface area contributed by atoms with Crippen molar-refractivity contribution >= 4 is 9.92 Å². The van der Waals surface area contributed by atoms with Crippen LogP contribution in [0.1, 0.15) is 12.8 Å². The Balaban J connectivity index is 2.53. The maximum absolute atomic E-state index is 11.2. The molecule has 1 fully saturated rings. The first-order chi connectivity index (χ1) is 5.00. The molecule has 0 aromatic carbocycles. The number of nitrogens with one attached hydrogen (secondary N) is 1. The van der Waals surface area contributed by atoms with Gasteiger partial charge in [0.25, 0.3) is 0 Å². The van der Waals surface area contributed by atoms with Crippen LogP contribution in [0.2, 0.25) is 0 Å². The van der Waals surface area contributed by atoms with E-state index in [9.17, 15) is 4.21 Å². The maximum atomic E-state index is 11.2. The monoisotopic (exact) mass is 178 g/mol. The summed E-state index contributed by atoms with van der Waals surface area (Å²) in [5.41, 5.74) is 0. The molecule has 0 aromatic heterocycles. The minimum atomic E-state index is -2.53. The highest BCUT2D eigenvalue weighted by molar-refractivity contribution is 7.89. The molecule has 1 aliphatic rings. The molecule has 66 valence electrons. The molecule has 1 unspecified atom stereocenters. The molecule has 0 saturated carbocycles. The Kier molecular flexibility index (Phi) is 2.51. The van der Waals surface area contributed by atoms with E-state index >= 15 is 0 Å². The minimum Gasteiger partial charge on any atom is -0.393 e. The first kappa shape index (κ1) is 8.96. The average Bonchev–Trinajstić information content (AvgIpc) is 1.86. The number of aliphatic hydroxyl groups is 1. The van der Waals surface area contributed by atoms with Crippen molar-refractivity contribution in [2.75, 3.05) is 19.3 Å². The summed E-state index contributed by atoms with van der Waals surface area (Å²) in [6.45, 7) is 1.17. The Bertz CT molecular complexity index is 217. The normalized spacial score (nSPS) is 28.2. The largest absolute Gasteiger partial charge is 0.393 e. The summed E-state index contributed by atoms with van der Waals surface area (Å²) in [6.07, 6.45) is 2.45. The zero-order valence-electron chi connectivity index (χ0n) is 6.62. The topological polar surface area (TPSA) is 64.4 Å². The zero-order chi connectivity index (χ0) is 8.48. The zero-order valence-corrected chi connectivity index (χ0v) is 7.43. The lowest BCUT2D eigenvalue weighted by Crippen LogP contribution is -2.38. The molecule has 4 nitrogen and oxygen atoms in total. The van der Waals surface area contributed by atoms with Crippen LogP contribution in [0.4, 0.5) is 0 Å². The van der Waals surface area contributed by atoms with Gasteiger partial charge in [-0.3, -0.25) is 0 Å². The molecule has 0 aromatic rings. The number of piperidine rings is 1. The van der Waals surface area contributed by atoms with Crippen LogP contribution < -0.4 is 0 Å². The number of hydrogen-bond donors (Lipinski definition) is 2. The fourth-order valence-corrected chi connectivity index (χ4v) is 2.10. The van der Waals surface area contributed by atoms with E-state index in [0.29, 0.717) is 25.9 Å². The van der Waals surface area contributed by atoms with Gasteiger partial charge in [-0.15, -0.1) is 0 Å². The first-order valence-corrected chi connectivity index (χ1v) is 5.59. The van der Waals surface area contributed by atoms with Gasteiger partial charge in [-0.25, -0.2) is 13.3 Å². The van der Waals surface area contributed by atoms with Gasteiger partial charge in [0, 0.05) is 19.3 Å². The van der Waals surface area contributed by atoms with Gasteiger partial charge < -0.3 is 5.11 Å². The lowest BCUT2D eigenvalue weighted by molar-refractivity contribution is 0.114. The molecule has 1 heterocycles. The lowest BCUT2D eigenvalue weighted by Gasteiger charge is -2.28. The molecule has 0 aliphatic carbocycles. The molecule has 0 spiro atoms. The van der Waals surface area contributed by atoms with Gasteiger partial charge >= 0.3 is 0 Å². The second kappa shape index (κ2) is 3.08.